The SMILES string of the molecule is O=C(NC(CSCc1ccccc1)C(=O)NN=Cc1ccc(Cl)cc1)c1cc([N+](=O)[O-])cc([N+](=O)[O-])c1. The van der Waals surface area contributed by atoms with Crippen molar-refractivity contribution in [3.63, 3.8) is 0 Å². The molecule has 0 aliphatic rings. The molecular weight excluding hydrogens is 522 g/mol. The van der Waals surface area contributed by atoms with Crippen LogP contribution in [0, 0.1) is 20.2 Å². The predicted molar refractivity (Wildman–Crippen MR) is 141 cm³/mol. The monoisotopic (exact) mass is 541 g/mol. The second-order valence-electron chi connectivity index (χ2n) is 7.56. The van der Waals surface area contributed by atoms with Gasteiger partial charge in [0.15, 0.2) is 0 Å². The molecule has 0 aliphatic heterocycles. The number of carbonyl (C=O) groups is 2. The number of amides is 2. The number of hydrogen-bond acceptors (Lipinski definition) is 8. The average Bonchev–Trinajstić information content (AvgIpc) is 2.89. The summed E-state index contributed by atoms with van der Waals surface area (Å²) < 4.78 is 0. The van der Waals surface area contributed by atoms with Gasteiger partial charge in [-0.1, -0.05) is 54.1 Å². The molecule has 2 amide bonds. The fourth-order valence-corrected chi connectivity index (χ4v) is 4.17. The van der Waals surface area contributed by atoms with Gasteiger partial charge in [0.05, 0.1) is 27.7 Å². The number of rotatable bonds is 11. The number of hydrogen-bond donors (Lipinski definition) is 2. The summed E-state index contributed by atoms with van der Waals surface area (Å²) in [5.74, 6) is -0.829. The number of halogens is 1. The van der Waals surface area contributed by atoms with Crippen molar-refractivity contribution in [1.82, 2.24) is 10.7 Å². The van der Waals surface area contributed by atoms with Crippen LogP contribution in [0.15, 0.2) is 77.9 Å². The van der Waals surface area contributed by atoms with Crippen LogP contribution in [-0.4, -0.2) is 39.7 Å². The first-order valence-electron chi connectivity index (χ1n) is 10.7. The molecule has 37 heavy (non-hydrogen) atoms. The van der Waals surface area contributed by atoms with Gasteiger partial charge >= 0.3 is 0 Å². The highest BCUT2D eigenvalue weighted by Crippen LogP contribution is 2.23. The standard InChI is InChI=1S/C24H20ClN5O6S/c25-19-8-6-16(7-9-19)13-26-28-24(32)22(15-37-14-17-4-2-1-3-5-17)27-23(31)18-10-20(29(33)34)12-21(11-18)30(35)36/h1-13,22H,14-15H2,(H,27,31)(H,28,32). The van der Waals surface area contributed by atoms with Crippen LogP contribution < -0.4 is 10.7 Å². The molecule has 0 saturated heterocycles. The van der Waals surface area contributed by atoms with E-state index in [1.54, 1.807) is 24.3 Å². The van der Waals surface area contributed by atoms with Crippen molar-refractivity contribution >= 4 is 52.8 Å². The van der Waals surface area contributed by atoms with Gasteiger partial charge in [0, 0.05) is 28.7 Å². The normalized spacial score (nSPS) is 11.6. The molecule has 2 N–H and O–H groups in total. The maximum Gasteiger partial charge on any atom is 0.277 e. The number of carbonyl (C=O) groups excluding carboxylic acids is 2. The fourth-order valence-electron chi connectivity index (χ4n) is 3.03. The molecule has 0 aliphatic carbocycles. The molecule has 0 heterocycles. The van der Waals surface area contributed by atoms with Gasteiger partial charge in [-0.15, -0.1) is 0 Å². The molecule has 1 atom stereocenters. The summed E-state index contributed by atoms with van der Waals surface area (Å²) in [7, 11) is 0. The maximum atomic E-state index is 12.9. The smallest absolute Gasteiger partial charge is 0.277 e. The van der Waals surface area contributed by atoms with Crippen molar-refractivity contribution in [1.29, 1.82) is 0 Å². The van der Waals surface area contributed by atoms with Gasteiger partial charge in [-0.25, -0.2) is 5.43 Å². The van der Waals surface area contributed by atoms with Gasteiger partial charge in [-0.3, -0.25) is 29.8 Å². The second kappa shape index (κ2) is 13.1. The summed E-state index contributed by atoms with van der Waals surface area (Å²) in [5.41, 5.74) is 2.48. The van der Waals surface area contributed by atoms with Crippen LogP contribution in [0.3, 0.4) is 0 Å². The average molecular weight is 542 g/mol. The number of nitro groups is 2. The van der Waals surface area contributed by atoms with E-state index in [9.17, 15) is 29.8 Å². The summed E-state index contributed by atoms with van der Waals surface area (Å²) >= 11 is 7.22. The van der Waals surface area contributed by atoms with E-state index >= 15 is 0 Å². The lowest BCUT2D eigenvalue weighted by molar-refractivity contribution is -0.394. The molecule has 11 nitrogen and oxygen atoms in total. The molecule has 0 radical (unpaired) electrons. The Hall–Kier alpha value is -4.29. The zero-order valence-corrected chi connectivity index (χ0v) is 20.6. The Kier molecular flexibility index (Phi) is 9.69. The molecule has 0 spiro atoms. The third kappa shape index (κ3) is 8.40. The van der Waals surface area contributed by atoms with Crippen LogP contribution >= 0.6 is 23.4 Å². The topological polar surface area (TPSA) is 157 Å². The van der Waals surface area contributed by atoms with Crippen LogP contribution in [0.4, 0.5) is 11.4 Å². The number of hydrazone groups is 1. The van der Waals surface area contributed by atoms with Crippen molar-refractivity contribution in [3.8, 4) is 0 Å². The molecule has 3 aromatic rings. The molecule has 0 bridgehead atoms. The summed E-state index contributed by atoms with van der Waals surface area (Å²) in [6.45, 7) is 0. The van der Waals surface area contributed by atoms with E-state index in [1.165, 1.54) is 18.0 Å². The minimum Gasteiger partial charge on any atom is -0.339 e. The number of non-ortho nitro benzene ring substituents is 2. The molecule has 0 aromatic heterocycles. The third-order valence-electron chi connectivity index (χ3n) is 4.86. The zero-order valence-electron chi connectivity index (χ0n) is 19.1. The Bertz CT molecular complexity index is 1290. The predicted octanol–water partition coefficient (Wildman–Crippen LogP) is 4.34. The van der Waals surface area contributed by atoms with E-state index in [-0.39, 0.29) is 11.3 Å². The van der Waals surface area contributed by atoms with Gasteiger partial charge in [-0.05, 0) is 23.3 Å². The van der Waals surface area contributed by atoms with Crippen LogP contribution in [0.1, 0.15) is 21.5 Å². The maximum absolute atomic E-state index is 12.9. The van der Waals surface area contributed by atoms with Crippen LogP contribution in [0.25, 0.3) is 0 Å². The lowest BCUT2D eigenvalue weighted by Gasteiger charge is -2.17. The lowest BCUT2D eigenvalue weighted by atomic mass is 10.1. The van der Waals surface area contributed by atoms with E-state index in [1.807, 2.05) is 30.3 Å². The Labute approximate surface area is 220 Å². The third-order valence-corrected chi connectivity index (χ3v) is 6.22. The Morgan fingerprint density at radius 3 is 2.19 bits per heavy atom. The van der Waals surface area contributed by atoms with Gasteiger partial charge in [0.1, 0.15) is 6.04 Å². The Morgan fingerprint density at radius 1 is 0.973 bits per heavy atom. The second-order valence-corrected chi connectivity index (χ2v) is 9.03. The highest BCUT2D eigenvalue weighted by molar-refractivity contribution is 7.98. The highest BCUT2D eigenvalue weighted by Gasteiger charge is 2.25. The number of nitrogens with zero attached hydrogens (tertiary/aromatic N) is 3. The number of nitrogens with one attached hydrogen (secondary N) is 2. The number of nitro benzene ring substituents is 2. The van der Waals surface area contributed by atoms with E-state index < -0.39 is 39.1 Å². The molecule has 13 heteroatoms. The largest absolute Gasteiger partial charge is 0.339 e. The molecule has 190 valence electrons. The van der Waals surface area contributed by atoms with E-state index in [0.29, 0.717) is 16.3 Å². The first-order valence-corrected chi connectivity index (χ1v) is 12.2. The molecule has 1 unspecified atom stereocenters. The Balaban J connectivity index is 1.75. The summed E-state index contributed by atoms with van der Waals surface area (Å²) in [6, 6.07) is 17.7. The Morgan fingerprint density at radius 2 is 1.59 bits per heavy atom. The highest BCUT2D eigenvalue weighted by atomic mass is 35.5. The van der Waals surface area contributed by atoms with E-state index in [2.05, 4.69) is 15.8 Å². The molecule has 0 fully saturated rings. The molecule has 3 aromatic carbocycles. The number of benzene rings is 3. The molecular formula is C24H20ClN5O6S. The molecule has 3 rings (SSSR count). The van der Waals surface area contributed by atoms with Gasteiger partial charge in [-0.2, -0.15) is 16.9 Å². The van der Waals surface area contributed by atoms with Crippen molar-refractivity contribution < 1.29 is 19.4 Å². The van der Waals surface area contributed by atoms with Crippen LogP contribution in [0.5, 0.6) is 0 Å². The van der Waals surface area contributed by atoms with Gasteiger partial charge in [0.25, 0.3) is 23.2 Å². The lowest BCUT2D eigenvalue weighted by Crippen LogP contribution is -2.47. The van der Waals surface area contributed by atoms with Crippen molar-refractivity contribution in [2.45, 2.75) is 11.8 Å². The van der Waals surface area contributed by atoms with E-state index in [4.69, 9.17) is 11.6 Å². The first-order chi connectivity index (χ1) is 17.7. The zero-order chi connectivity index (χ0) is 26.8. The summed E-state index contributed by atoms with van der Waals surface area (Å²) in [6.07, 6.45) is 1.40. The van der Waals surface area contributed by atoms with Crippen molar-refractivity contribution in [2.75, 3.05) is 5.75 Å². The quantitative estimate of drug-likeness (QED) is 0.207. The van der Waals surface area contributed by atoms with Crippen molar-refractivity contribution in [2.24, 2.45) is 5.10 Å². The minimum atomic E-state index is -1.10. The van der Waals surface area contributed by atoms with Gasteiger partial charge in [0.2, 0.25) is 0 Å². The fraction of sp³-hybridized carbons (Fsp3) is 0.125. The van der Waals surface area contributed by atoms with Crippen molar-refractivity contribution in [3.05, 3.63) is 115 Å². The summed E-state index contributed by atoms with van der Waals surface area (Å²) in [5, 5.41) is 29.3. The van der Waals surface area contributed by atoms with E-state index in [0.717, 1.165) is 23.8 Å². The minimum absolute atomic E-state index is 0.139. The van der Waals surface area contributed by atoms with Crippen LogP contribution in [-0.2, 0) is 10.5 Å². The number of thioether (sulfide) groups is 1. The van der Waals surface area contributed by atoms with Crippen LogP contribution in [0.2, 0.25) is 5.02 Å². The first kappa shape index (κ1) is 27.3. The molecule has 0 saturated carbocycles. The summed E-state index contributed by atoms with van der Waals surface area (Å²) in [4.78, 5) is 46.4. The van der Waals surface area contributed by atoms with Gasteiger partial charge < -0.3 is 5.32 Å².